The number of hydrogen-bond donors (Lipinski definition) is 1. The number of nitrogens with zero attached hydrogens (tertiary/aromatic N) is 4. The second-order valence-corrected chi connectivity index (χ2v) is 11.9. The van der Waals surface area contributed by atoms with Gasteiger partial charge in [-0.1, -0.05) is 30.3 Å². The highest BCUT2D eigenvalue weighted by atomic mass is 32.2. The van der Waals surface area contributed by atoms with Crippen LogP contribution >= 0.6 is 11.3 Å². The number of aromatic nitrogens is 1. The van der Waals surface area contributed by atoms with Gasteiger partial charge in [-0.05, 0) is 12.0 Å². The number of carbonyl (C=O) groups is 2. The summed E-state index contributed by atoms with van der Waals surface area (Å²) in [7, 11) is -3.16. The van der Waals surface area contributed by atoms with Gasteiger partial charge in [-0.15, -0.1) is 11.3 Å². The Morgan fingerprint density at radius 1 is 1.18 bits per heavy atom. The molecule has 33 heavy (non-hydrogen) atoms. The zero-order chi connectivity index (χ0) is 23.0. The van der Waals surface area contributed by atoms with Crippen LogP contribution in [0.5, 0.6) is 0 Å². The summed E-state index contributed by atoms with van der Waals surface area (Å²) in [6.45, 7) is 2.57. The molecule has 1 atom stereocenters. The van der Waals surface area contributed by atoms with E-state index in [2.05, 4.69) is 32.4 Å². The van der Waals surface area contributed by atoms with Crippen LogP contribution in [0.3, 0.4) is 0 Å². The number of carbonyl (C=O) groups excluding carboxylic acids is 2. The third kappa shape index (κ3) is 4.99. The fourth-order valence-corrected chi connectivity index (χ4v) is 7.17. The van der Waals surface area contributed by atoms with Crippen LogP contribution in [0.25, 0.3) is 0 Å². The van der Waals surface area contributed by atoms with Crippen molar-refractivity contribution in [2.24, 2.45) is 5.10 Å². The standard InChI is InChI=1S/C22H25N5O4S2/c28-20-7-6-18(25-27(20)16-9-11-33(30,31)14-16)21(29)24-22-23-17-8-10-26(13-19(17)32-22)12-15-4-2-1-3-5-15/h1-5,16H,6-14H2,(H,23,24,29). The van der Waals surface area contributed by atoms with E-state index >= 15 is 0 Å². The van der Waals surface area contributed by atoms with Crippen LogP contribution in [0.15, 0.2) is 35.4 Å². The average Bonchev–Trinajstić information content (AvgIpc) is 3.36. The minimum Gasteiger partial charge on any atom is -0.297 e. The van der Waals surface area contributed by atoms with Gasteiger partial charge in [0, 0.05) is 43.8 Å². The number of sulfone groups is 1. The summed E-state index contributed by atoms with van der Waals surface area (Å²) in [5, 5.41) is 8.81. The van der Waals surface area contributed by atoms with E-state index in [1.54, 1.807) is 0 Å². The third-order valence-corrected chi connectivity index (χ3v) is 8.90. The van der Waals surface area contributed by atoms with Gasteiger partial charge in [-0.3, -0.25) is 19.8 Å². The van der Waals surface area contributed by atoms with Crippen molar-refractivity contribution in [2.45, 2.75) is 44.8 Å². The SMILES string of the molecule is O=C(Nc1nc2c(s1)CN(Cc1ccccc1)CC2)C1=NN(C2CCS(=O)(=O)C2)C(=O)CC1. The lowest BCUT2D eigenvalue weighted by Crippen LogP contribution is -2.42. The first-order valence-electron chi connectivity index (χ1n) is 11.0. The van der Waals surface area contributed by atoms with Gasteiger partial charge in [-0.2, -0.15) is 5.10 Å². The van der Waals surface area contributed by atoms with Crippen molar-refractivity contribution in [1.82, 2.24) is 14.9 Å². The summed E-state index contributed by atoms with van der Waals surface area (Å²) < 4.78 is 23.6. The quantitative estimate of drug-likeness (QED) is 0.688. The van der Waals surface area contributed by atoms with Crippen LogP contribution in [0, 0.1) is 0 Å². The third-order valence-electron chi connectivity index (χ3n) is 6.16. The molecule has 0 spiro atoms. The molecule has 1 aromatic carbocycles. The molecule has 0 aliphatic carbocycles. The van der Waals surface area contributed by atoms with Gasteiger partial charge < -0.3 is 0 Å². The first-order chi connectivity index (χ1) is 15.9. The van der Waals surface area contributed by atoms with Crippen molar-refractivity contribution in [3.05, 3.63) is 46.5 Å². The van der Waals surface area contributed by atoms with E-state index in [1.165, 1.54) is 21.9 Å². The van der Waals surface area contributed by atoms with E-state index < -0.39 is 15.9 Å². The predicted octanol–water partition coefficient (Wildman–Crippen LogP) is 1.81. The van der Waals surface area contributed by atoms with Crippen LogP contribution in [0.2, 0.25) is 0 Å². The highest BCUT2D eigenvalue weighted by Crippen LogP contribution is 2.29. The lowest BCUT2D eigenvalue weighted by molar-refractivity contribution is -0.133. The molecule has 2 aromatic rings. The lowest BCUT2D eigenvalue weighted by Gasteiger charge is -2.27. The van der Waals surface area contributed by atoms with Gasteiger partial charge in [-0.25, -0.2) is 18.4 Å². The Hall–Kier alpha value is -2.63. The molecule has 5 rings (SSSR count). The van der Waals surface area contributed by atoms with Crippen LogP contribution in [-0.4, -0.2) is 64.9 Å². The number of benzene rings is 1. The Morgan fingerprint density at radius 2 is 2.00 bits per heavy atom. The van der Waals surface area contributed by atoms with Crippen LogP contribution in [0.4, 0.5) is 5.13 Å². The predicted molar refractivity (Wildman–Crippen MR) is 126 cm³/mol. The molecule has 1 fully saturated rings. The molecule has 1 N–H and O–H groups in total. The van der Waals surface area contributed by atoms with E-state index in [4.69, 9.17) is 0 Å². The lowest BCUT2D eigenvalue weighted by atomic mass is 10.1. The molecular weight excluding hydrogens is 462 g/mol. The van der Waals surface area contributed by atoms with Crippen molar-refractivity contribution in [1.29, 1.82) is 0 Å². The Kier molecular flexibility index (Phi) is 6.02. The number of hydrogen-bond acceptors (Lipinski definition) is 8. The largest absolute Gasteiger partial charge is 0.297 e. The number of amides is 2. The first-order valence-corrected chi connectivity index (χ1v) is 13.7. The normalized spacial score (nSPS) is 22.7. The summed E-state index contributed by atoms with van der Waals surface area (Å²) >= 11 is 1.47. The summed E-state index contributed by atoms with van der Waals surface area (Å²) in [6.07, 6.45) is 1.56. The Bertz CT molecular complexity index is 1210. The van der Waals surface area contributed by atoms with Gasteiger partial charge in [0.15, 0.2) is 15.0 Å². The summed E-state index contributed by atoms with van der Waals surface area (Å²) in [5.74, 6) is -0.683. The zero-order valence-electron chi connectivity index (χ0n) is 18.1. The summed E-state index contributed by atoms with van der Waals surface area (Å²) in [5.41, 5.74) is 2.51. The molecule has 4 heterocycles. The van der Waals surface area contributed by atoms with E-state index in [0.29, 0.717) is 11.6 Å². The van der Waals surface area contributed by atoms with Crippen molar-refractivity contribution in [2.75, 3.05) is 23.4 Å². The fraction of sp³-hybridized carbons (Fsp3) is 0.455. The van der Waals surface area contributed by atoms with Gasteiger partial charge in [0.05, 0.1) is 23.2 Å². The fourth-order valence-electron chi connectivity index (χ4n) is 4.44. The van der Waals surface area contributed by atoms with Crippen molar-refractivity contribution < 1.29 is 18.0 Å². The van der Waals surface area contributed by atoms with Crippen LogP contribution in [-0.2, 0) is 38.9 Å². The van der Waals surface area contributed by atoms with Gasteiger partial charge in [0.25, 0.3) is 5.91 Å². The topological polar surface area (TPSA) is 112 Å². The molecule has 2 amide bonds. The second kappa shape index (κ2) is 8.96. The minimum absolute atomic E-state index is 0.0461. The molecule has 174 valence electrons. The van der Waals surface area contributed by atoms with E-state index in [-0.39, 0.29) is 41.9 Å². The maximum absolute atomic E-state index is 12.8. The Balaban J connectivity index is 1.24. The Morgan fingerprint density at radius 3 is 2.76 bits per heavy atom. The molecule has 3 aliphatic rings. The molecular formula is C22H25N5O4S2. The summed E-state index contributed by atoms with van der Waals surface area (Å²) in [4.78, 5) is 33.2. The van der Waals surface area contributed by atoms with E-state index in [9.17, 15) is 18.0 Å². The monoisotopic (exact) mass is 487 g/mol. The number of hydrazone groups is 1. The van der Waals surface area contributed by atoms with Gasteiger partial charge >= 0.3 is 0 Å². The van der Waals surface area contributed by atoms with Gasteiger partial charge in [0.1, 0.15) is 5.71 Å². The molecule has 11 heteroatoms. The number of rotatable bonds is 5. The number of thiazole rings is 1. The minimum atomic E-state index is -3.16. The maximum Gasteiger partial charge on any atom is 0.273 e. The zero-order valence-corrected chi connectivity index (χ0v) is 19.7. The van der Waals surface area contributed by atoms with Crippen LogP contribution in [0.1, 0.15) is 35.4 Å². The van der Waals surface area contributed by atoms with Crippen molar-refractivity contribution in [3.63, 3.8) is 0 Å². The Labute approximate surface area is 196 Å². The smallest absolute Gasteiger partial charge is 0.273 e. The molecule has 0 saturated carbocycles. The summed E-state index contributed by atoms with van der Waals surface area (Å²) in [6, 6.07) is 9.84. The van der Waals surface area contributed by atoms with Crippen LogP contribution < -0.4 is 5.32 Å². The molecule has 0 radical (unpaired) electrons. The van der Waals surface area contributed by atoms with Crippen molar-refractivity contribution in [3.8, 4) is 0 Å². The highest BCUT2D eigenvalue weighted by Gasteiger charge is 2.37. The second-order valence-electron chi connectivity index (χ2n) is 8.63. The average molecular weight is 488 g/mol. The molecule has 1 saturated heterocycles. The molecule has 3 aliphatic heterocycles. The molecule has 0 bridgehead atoms. The van der Waals surface area contributed by atoms with E-state index in [1.807, 2.05) is 18.2 Å². The number of anilines is 1. The molecule has 9 nitrogen and oxygen atoms in total. The maximum atomic E-state index is 12.8. The number of fused-ring (bicyclic) bond motifs is 1. The first kappa shape index (κ1) is 22.2. The molecule has 1 unspecified atom stereocenters. The number of nitrogens with one attached hydrogen (secondary N) is 1. The molecule has 1 aromatic heterocycles. The highest BCUT2D eigenvalue weighted by molar-refractivity contribution is 7.91. The van der Waals surface area contributed by atoms with E-state index in [0.717, 1.165) is 36.6 Å². The van der Waals surface area contributed by atoms with Crippen molar-refractivity contribution >= 4 is 43.8 Å². The van der Waals surface area contributed by atoms with Gasteiger partial charge in [0.2, 0.25) is 5.91 Å².